The quantitative estimate of drug-likeness (QED) is 0.152. The maximum atomic E-state index is 10.8. The van der Waals surface area contributed by atoms with Crippen molar-refractivity contribution in [2.75, 3.05) is 0 Å². The highest BCUT2D eigenvalue weighted by molar-refractivity contribution is 5.50. The van der Waals surface area contributed by atoms with Crippen molar-refractivity contribution in [3.63, 3.8) is 0 Å². The van der Waals surface area contributed by atoms with E-state index >= 15 is 0 Å². The first kappa shape index (κ1) is 23.9. The molecule has 0 spiro atoms. The largest absolute Gasteiger partial charge is 0.699 e. The summed E-state index contributed by atoms with van der Waals surface area (Å²) >= 11 is 0. The molecule has 0 amide bonds. The second-order valence-corrected chi connectivity index (χ2v) is 6.43. The Labute approximate surface area is 152 Å². The molecule has 0 aliphatic rings. The van der Waals surface area contributed by atoms with Crippen LogP contribution in [0.1, 0.15) is 89.9 Å². The Morgan fingerprint density at radius 3 is 1.19 bits per heavy atom. The number of nitro groups is 3. The smallest absolute Gasteiger partial charge is 0.291 e. The van der Waals surface area contributed by atoms with Crippen molar-refractivity contribution in [1.82, 2.24) is 0 Å². The predicted molar refractivity (Wildman–Crippen MR) is 94.0 cm³/mol. The van der Waals surface area contributed by atoms with Crippen molar-refractivity contribution >= 4 is 6.29 Å². The van der Waals surface area contributed by atoms with Crippen LogP contribution in [0.15, 0.2) is 0 Å². The molecular formula is C16H28N3O7. The van der Waals surface area contributed by atoms with E-state index in [2.05, 4.69) is 0 Å². The molecule has 0 aliphatic carbocycles. The molecule has 0 heterocycles. The van der Waals surface area contributed by atoms with Crippen LogP contribution in [0.3, 0.4) is 0 Å². The first-order valence-electron chi connectivity index (χ1n) is 9.18. The lowest BCUT2D eigenvalue weighted by molar-refractivity contribution is -0.970. The normalized spacial score (nSPS) is 11.2. The van der Waals surface area contributed by atoms with Crippen molar-refractivity contribution in [2.45, 2.75) is 95.7 Å². The van der Waals surface area contributed by atoms with Gasteiger partial charge in [-0.2, -0.15) is 0 Å². The Kier molecular flexibility index (Phi) is 12.9. The van der Waals surface area contributed by atoms with E-state index in [1.54, 1.807) is 0 Å². The van der Waals surface area contributed by atoms with Crippen LogP contribution in [0.2, 0.25) is 0 Å². The fraction of sp³-hybridized carbons (Fsp3) is 0.938. The number of nitrogens with zero attached hydrogens (tertiary/aromatic N) is 3. The highest BCUT2D eigenvalue weighted by Crippen LogP contribution is 2.21. The molecule has 149 valence electrons. The molecule has 0 aromatic heterocycles. The van der Waals surface area contributed by atoms with Crippen molar-refractivity contribution in [3.8, 4) is 0 Å². The van der Waals surface area contributed by atoms with Gasteiger partial charge in [-0.1, -0.05) is 64.2 Å². The number of carbonyl (C=O) groups excluding carboxylic acids is 1. The van der Waals surface area contributed by atoms with E-state index in [-0.39, 0.29) is 6.42 Å². The predicted octanol–water partition coefficient (Wildman–Crippen LogP) is 4.04. The third-order valence-electron chi connectivity index (χ3n) is 4.42. The van der Waals surface area contributed by atoms with Crippen molar-refractivity contribution in [3.05, 3.63) is 30.3 Å². The zero-order valence-corrected chi connectivity index (χ0v) is 15.1. The number of unbranched alkanes of at least 4 members (excludes halogenated alkanes) is 12. The first-order valence-corrected chi connectivity index (χ1v) is 9.18. The van der Waals surface area contributed by atoms with Gasteiger partial charge in [0.1, 0.15) is 0 Å². The highest BCUT2D eigenvalue weighted by Gasteiger charge is 2.69. The average molecular weight is 374 g/mol. The van der Waals surface area contributed by atoms with Gasteiger partial charge < -0.3 is 0 Å². The molecule has 0 aromatic rings. The van der Waals surface area contributed by atoms with Gasteiger partial charge in [-0.05, 0) is 12.8 Å². The summed E-state index contributed by atoms with van der Waals surface area (Å²) < 4.78 is 0. The second-order valence-electron chi connectivity index (χ2n) is 6.43. The molecule has 0 atom stereocenters. The van der Waals surface area contributed by atoms with Gasteiger partial charge >= 0.3 is 5.79 Å². The Balaban J connectivity index is 3.69. The molecule has 0 saturated heterocycles. The van der Waals surface area contributed by atoms with Crippen molar-refractivity contribution < 1.29 is 19.6 Å². The topological polar surface area (TPSA) is 146 Å². The van der Waals surface area contributed by atoms with Gasteiger partial charge in [-0.25, -0.2) is 0 Å². The summed E-state index contributed by atoms with van der Waals surface area (Å²) in [6, 6.07) is 0. The number of hydrogen-bond donors (Lipinski definition) is 0. The first-order chi connectivity index (χ1) is 12.4. The molecule has 0 fully saturated rings. The summed E-state index contributed by atoms with van der Waals surface area (Å²) in [5, 5.41) is 32.3. The SMILES string of the molecule is O=[C]CCCCCCCCCCCCCCC([N+](=O)[O-])([N+](=O)[O-])[N+](=O)[O-]. The van der Waals surface area contributed by atoms with Crippen LogP contribution in [0.5, 0.6) is 0 Å². The Morgan fingerprint density at radius 2 is 0.885 bits per heavy atom. The maximum Gasteiger partial charge on any atom is 0.699 e. The van der Waals surface area contributed by atoms with Crippen LogP contribution in [0, 0.1) is 30.3 Å². The van der Waals surface area contributed by atoms with Crippen LogP contribution < -0.4 is 0 Å². The second kappa shape index (κ2) is 14.1. The Morgan fingerprint density at radius 1 is 0.577 bits per heavy atom. The molecule has 0 N–H and O–H groups in total. The Hall–Kier alpha value is -2.13. The van der Waals surface area contributed by atoms with E-state index < -0.39 is 27.0 Å². The molecule has 0 rings (SSSR count). The molecular weight excluding hydrogens is 346 g/mol. The van der Waals surface area contributed by atoms with E-state index in [4.69, 9.17) is 0 Å². The third kappa shape index (κ3) is 8.82. The van der Waals surface area contributed by atoms with Gasteiger partial charge in [0, 0.05) is 6.42 Å². The van der Waals surface area contributed by atoms with E-state index in [1.165, 1.54) is 0 Å². The van der Waals surface area contributed by atoms with Gasteiger partial charge in [-0.15, -0.1) is 0 Å². The van der Waals surface area contributed by atoms with Crippen LogP contribution in [0.25, 0.3) is 0 Å². The molecule has 0 aromatic carbocycles. The Bertz CT molecular complexity index is 421. The number of hydrogen-bond acceptors (Lipinski definition) is 7. The zero-order valence-electron chi connectivity index (χ0n) is 15.1. The summed E-state index contributed by atoms with van der Waals surface area (Å²) in [6.07, 6.45) is 12.6. The van der Waals surface area contributed by atoms with Crippen LogP contribution in [-0.2, 0) is 4.79 Å². The molecule has 0 aliphatic heterocycles. The lowest BCUT2D eigenvalue weighted by Gasteiger charge is -2.08. The molecule has 26 heavy (non-hydrogen) atoms. The molecule has 0 unspecified atom stereocenters. The molecule has 10 heteroatoms. The van der Waals surface area contributed by atoms with E-state index in [0.29, 0.717) is 12.8 Å². The summed E-state index contributed by atoms with van der Waals surface area (Å²) in [4.78, 5) is 38.1. The lowest BCUT2D eigenvalue weighted by atomic mass is 10.0. The minimum absolute atomic E-state index is 0.0845. The van der Waals surface area contributed by atoms with E-state index in [0.717, 1.165) is 64.2 Å². The van der Waals surface area contributed by atoms with Crippen LogP contribution in [-0.4, -0.2) is 26.8 Å². The van der Waals surface area contributed by atoms with E-state index in [9.17, 15) is 35.1 Å². The van der Waals surface area contributed by atoms with E-state index in [1.807, 2.05) is 6.29 Å². The molecule has 10 nitrogen and oxygen atoms in total. The fourth-order valence-corrected chi connectivity index (χ4v) is 2.80. The summed E-state index contributed by atoms with van der Waals surface area (Å²) in [6.45, 7) is 0. The van der Waals surface area contributed by atoms with Gasteiger partial charge in [0.05, 0.1) is 0 Å². The van der Waals surface area contributed by atoms with Gasteiger partial charge in [0.15, 0.2) is 27.5 Å². The van der Waals surface area contributed by atoms with Crippen LogP contribution >= 0.6 is 0 Å². The van der Waals surface area contributed by atoms with Gasteiger partial charge in [-0.3, -0.25) is 35.1 Å². The van der Waals surface area contributed by atoms with Crippen molar-refractivity contribution in [1.29, 1.82) is 0 Å². The van der Waals surface area contributed by atoms with Crippen molar-refractivity contribution in [2.24, 2.45) is 0 Å². The highest BCUT2D eigenvalue weighted by atomic mass is 16.7. The average Bonchev–Trinajstić information content (AvgIpc) is 2.57. The fourth-order valence-electron chi connectivity index (χ4n) is 2.80. The van der Waals surface area contributed by atoms with Gasteiger partial charge in [0.25, 0.3) is 0 Å². The molecule has 1 radical (unpaired) electrons. The number of rotatable bonds is 18. The minimum Gasteiger partial charge on any atom is -0.291 e. The maximum absolute atomic E-state index is 10.8. The minimum atomic E-state index is -3.32. The standard InChI is InChI=1S/C16H28N3O7/c20-15-13-11-9-7-5-3-1-2-4-6-8-10-12-14-16(17(21)22,18(23)24)19(25)26/h1-14H2. The summed E-state index contributed by atoms with van der Waals surface area (Å²) in [5.74, 6) is -3.32. The summed E-state index contributed by atoms with van der Waals surface area (Å²) in [5.41, 5.74) is 0. The van der Waals surface area contributed by atoms with Gasteiger partial charge in [0.2, 0.25) is 0 Å². The lowest BCUT2D eigenvalue weighted by Crippen LogP contribution is -2.53. The third-order valence-corrected chi connectivity index (χ3v) is 4.42. The molecule has 0 bridgehead atoms. The zero-order chi connectivity index (χ0) is 19.8. The monoisotopic (exact) mass is 374 g/mol. The van der Waals surface area contributed by atoms with Crippen LogP contribution in [0.4, 0.5) is 0 Å². The molecule has 0 saturated carbocycles. The summed E-state index contributed by atoms with van der Waals surface area (Å²) in [7, 11) is 0.